The standard InChI is InChI=1S/C24H22N6O3S2/c1-16-17(2)33-23(25-16)30-35(31,32)22-14-12-19(13-15-22)27-24(34)26-18-8-10-21(11-9-18)29-28-20-6-4-3-5-7-20/h3-15H,1-2H3,(H,25,30)(H2,26,27,34). The molecule has 0 saturated carbocycles. The largest absolute Gasteiger partial charge is 0.428 e. The van der Waals surface area contributed by atoms with E-state index >= 15 is 0 Å². The van der Waals surface area contributed by atoms with Crippen molar-refractivity contribution >= 4 is 56.1 Å². The second-order valence-electron chi connectivity index (χ2n) is 7.45. The monoisotopic (exact) mass is 506 g/mol. The number of hydrogen-bond acceptors (Lipinski definition) is 7. The predicted molar refractivity (Wildman–Crippen MR) is 140 cm³/mol. The zero-order chi connectivity index (χ0) is 24.8. The molecular formula is C24H22N6O3S2. The molecule has 0 unspecified atom stereocenters. The summed E-state index contributed by atoms with van der Waals surface area (Å²) in [6.45, 7) is 3.45. The normalized spacial score (nSPS) is 11.4. The van der Waals surface area contributed by atoms with Crippen LogP contribution < -0.4 is 15.4 Å². The number of anilines is 3. The lowest BCUT2D eigenvalue weighted by molar-refractivity contribution is 0.542. The summed E-state index contributed by atoms with van der Waals surface area (Å²) in [7, 11) is -3.84. The number of aromatic nitrogens is 1. The highest BCUT2D eigenvalue weighted by molar-refractivity contribution is 7.92. The van der Waals surface area contributed by atoms with E-state index in [1.165, 1.54) is 12.1 Å². The minimum Gasteiger partial charge on any atom is -0.428 e. The van der Waals surface area contributed by atoms with Gasteiger partial charge in [-0.15, -0.1) is 0 Å². The molecule has 0 aliphatic rings. The second-order valence-corrected chi connectivity index (χ2v) is 9.54. The third-order valence-electron chi connectivity index (χ3n) is 4.83. The third kappa shape index (κ3) is 6.49. The average molecular weight is 507 g/mol. The highest BCUT2D eigenvalue weighted by Gasteiger charge is 2.18. The lowest BCUT2D eigenvalue weighted by atomic mass is 10.3. The van der Waals surface area contributed by atoms with Crippen LogP contribution in [0.4, 0.5) is 28.8 Å². The molecule has 11 heteroatoms. The molecule has 0 spiro atoms. The van der Waals surface area contributed by atoms with Crippen LogP contribution in [0, 0.1) is 13.8 Å². The first-order valence-electron chi connectivity index (χ1n) is 10.5. The first kappa shape index (κ1) is 24.0. The Morgan fingerprint density at radius 1 is 0.829 bits per heavy atom. The number of nitrogens with one attached hydrogen (secondary N) is 3. The molecule has 3 aromatic carbocycles. The zero-order valence-corrected chi connectivity index (χ0v) is 20.5. The van der Waals surface area contributed by atoms with Gasteiger partial charge in [0.15, 0.2) is 5.11 Å². The molecule has 0 fully saturated rings. The molecule has 0 atom stereocenters. The number of sulfonamides is 1. The summed E-state index contributed by atoms with van der Waals surface area (Å²) >= 11 is 5.36. The molecule has 0 bridgehead atoms. The molecule has 35 heavy (non-hydrogen) atoms. The van der Waals surface area contributed by atoms with Crippen LogP contribution in [0.1, 0.15) is 11.5 Å². The molecule has 0 aliphatic heterocycles. The summed E-state index contributed by atoms with van der Waals surface area (Å²) in [4.78, 5) is 4.11. The smallest absolute Gasteiger partial charge is 0.309 e. The van der Waals surface area contributed by atoms with Gasteiger partial charge in [-0.3, -0.25) is 0 Å². The molecule has 9 nitrogen and oxygen atoms in total. The van der Waals surface area contributed by atoms with Gasteiger partial charge in [0.05, 0.1) is 22.0 Å². The van der Waals surface area contributed by atoms with Crippen LogP contribution in [0.2, 0.25) is 0 Å². The van der Waals surface area contributed by atoms with Gasteiger partial charge in [-0.1, -0.05) is 18.2 Å². The van der Waals surface area contributed by atoms with Gasteiger partial charge in [-0.05, 0) is 86.7 Å². The maximum absolute atomic E-state index is 12.6. The van der Waals surface area contributed by atoms with E-state index in [4.69, 9.17) is 16.6 Å². The first-order valence-corrected chi connectivity index (χ1v) is 12.4. The number of benzene rings is 3. The number of nitrogens with zero attached hydrogens (tertiary/aromatic N) is 3. The van der Waals surface area contributed by atoms with E-state index in [1.54, 1.807) is 26.0 Å². The van der Waals surface area contributed by atoms with Crippen LogP contribution >= 0.6 is 12.2 Å². The van der Waals surface area contributed by atoms with Crippen LogP contribution in [0.5, 0.6) is 0 Å². The summed E-state index contributed by atoms with van der Waals surface area (Å²) in [5.41, 5.74) is 3.49. The van der Waals surface area contributed by atoms with Crippen LogP contribution in [0.25, 0.3) is 0 Å². The second kappa shape index (κ2) is 10.5. The van der Waals surface area contributed by atoms with Crippen LogP contribution in [-0.2, 0) is 10.0 Å². The topological polar surface area (TPSA) is 121 Å². The fourth-order valence-corrected chi connectivity index (χ4v) is 4.09. The summed E-state index contributed by atoms with van der Waals surface area (Å²) in [6, 6.07) is 22.9. The van der Waals surface area contributed by atoms with Gasteiger partial charge in [-0.2, -0.15) is 15.2 Å². The van der Waals surface area contributed by atoms with Crippen molar-refractivity contribution in [2.24, 2.45) is 10.2 Å². The van der Waals surface area contributed by atoms with Crippen molar-refractivity contribution in [3.63, 3.8) is 0 Å². The Morgan fingerprint density at radius 3 is 1.91 bits per heavy atom. The fourth-order valence-electron chi connectivity index (χ4n) is 2.92. The highest BCUT2D eigenvalue weighted by Crippen LogP contribution is 2.22. The number of oxazole rings is 1. The molecule has 0 aliphatic carbocycles. The van der Waals surface area contributed by atoms with E-state index in [0.29, 0.717) is 27.9 Å². The Labute approximate surface area is 208 Å². The van der Waals surface area contributed by atoms with Gasteiger partial charge < -0.3 is 15.1 Å². The lowest BCUT2D eigenvalue weighted by Gasteiger charge is -2.11. The van der Waals surface area contributed by atoms with Crippen molar-refractivity contribution in [1.29, 1.82) is 0 Å². The Morgan fingerprint density at radius 2 is 1.37 bits per heavy atom. The van der Waals surface area contributed by atoms with Crippen molar-refractivity contribution in [2.75, 3.05) is 15.4 Å². The van der Waals surface area contributed by atoms with Gasteiger partial charge in [0.1, 0.15) is 5.76 Å². The first-order chi connectivity index (χ1) is 16.8. The van der Waals surface area contributed by atoms with Crippen LogP contribution in [0.15, 0.2) is 98.4 Å². The van der Waals surface area contributed by atoms with E-state index in [0.717, 1.165) is 11.4 Å². The quantitative estimate of drug-likeness (QED) is 0.198. The van der Waals surface area contributed by atoms with Crippen LogP contribution in [-0.4, -0.2) is 18.5 Å². The van der Waals surface area contributed by atoms with Gasteiger partial charge in [0, 0.05) is 11.4 Å². The van der Waals surface area contributed by atoms with Crippen molar-refractivity contribution < 1.29 is 12.8 Å². The average Bonchev–Trinajstić information content (AvgIpc) is 3.15. The van der Waals surface area contributed by atoms with E-state index in [1.807, 2.05) is 54.6 Å². The van der Waals surface area contributed by atoms with E-state index in [-0.39, 0.29) is 10.9 Å². The molecule has 4 rings (SSSR count). The fraction of sp³-hybridized carbons (Fsp3) is 0.0833. The van der Waals surface area contributed by atoms with Crippen molar-refractivity contribution in [1.82, 2.24) is 4.98 Å². The van der Waals surface area contributed by atoms with Gasteiger partial charge >= 0.3 is 6.01 Å². The minimum atomic E-state index is -3.84. The summed E-state index contributed by atoms with van der Waals surface area (Å²) in [5, 5.41) is 14.8. The minimum absolute atomic E-state index is 0.0655. The Bertz CT molecular complexity index is 1430. The van der Waals surface area contributed by atoms with Gasteiger partial charge in [0.25, 0.3) is 10.0 Å². The molecule has 4 aromatic rings. The molecule has 0 radical (unpaired) electrons. The van der Waals surface area contributed by atoms with E-state index in [9.17, 15) is 8.42 Å². The third-order valence-corrected chi connectivity index (χ3v) is 6.38. The van der Waals surface area contributed by atoms with Crippen molar-refractivity contribution in [3.05, 3.63) is 90.3 Å². The van der Waals surface area contributed by atoms with Crippen LogP contribution in [0.3, 0.4) is 0 Å². The number of azo groups is 1. The molecule has 1 heterocycles. The molecule has 3 N–H and O–H groups in total. The number of thiocarbonyl (C=S) groups is 1. The summed E-state index contributed by atoms with van der Waals surface area (Å²) in [6.07, 6.45) is 0. The molecule has 0 amide bonds. The predicted octanol–water partition coefficient (Wildman–Crippen LogP) is 6.32. The van der Waals surface area contributed by atoms with Crippen molar-refractivity contribution in [3.8, 4) is 0 Å². The molecule has 178 valence electrons. The summed E-state index contributed by atoms with van der Waals surface area (Å²) in [5.74, 6) is 0.550. The highest BCUT2D eigenvalue weighted by atomic mass is 32.2. The number of aryl methyl sites for hydroxylation is 2. The SMILES string of the molecule is Cc1nc(NS(=O)(=O)c2ccc(NC(=S)Nc3ccc(N=Nc4ccccc4)cc3)cc2)oc1C. The lowest BCUT2D eigenvalue weighted by Crippen LogP contribution is -2.19. The van der Waals surface area contributed by atoms with Gasteiger partial charge in [0.2, 0.25) is 0 Å². The van der Waals surface area contributed by atoms with Gasteiger partial charge in [-0.25, -0.2) is 13.1 Å². The molecular weight excluding hydrogens is 484 g/mol. The Kier molecular flexibility index (Phi) is 7.18. The zero-order valence-electron chi connectivity index (χ0n) is 18.9. The van der Waals surface area contributed by atoms with E-state index < -0.39 is 10.0 Å². The maximum Gasteiger partial charge on any atom is 0.309 e. The Balaban J connectivity index is 1.33. The molecule has 0 saturated heterocycles. The maximum atomic E-state index is 12.6. The number of rotatable bonds is 7. The molecule has 1 aromatic heterocycles. The van der Waals surface area contributed by atoms with E-state index in [2.05, 4.69) is 30.6 Å². The Hall–Kier alpha value is -4.09. The summed E-state index contributed by atoms with van der Waals surface area (Å²) < 4.78 is 32.8. The van der Waals surface area contributed by atoms with Crippen molar-refractivity contribution in [2.45, 2.75) is 18.7 Å². The number of hydrogen-bond donors (Lipinski definition) is 3.